The fraction of sp³-hybridized carbons (Fsp3) is 0.375. The first-order chi connectivity index (χ1) is 16.3. The van der Waals surface area contributed by atoms with Gasteiger partial charge in [-0.2, -0.15) is 0 Å². The number of phenolic OH excluding ortho intramolecular Hbond substituents is 1. The molecule has 0 bridgehead atoms. The number of benzene rings is 2. The Kier molecular flexibility index (Phi) is 7.05. The zero-order chi connectivity index (χ0) is 24.4. The summed E-state index contributed by atoms with van der Waals surface area (Å²) in [5.74, 6) is 0.176. The lowest BCUT2D eigenvalue weighted by atomic mass is 9.95. The van der Waals surface area contributed by atoms with Gasteiger partial charge in [0.05, 0.1) is 13.7 Å². The molecule has 2 aromatic carbocycles. The topological polar surface area (TPSA) is 155 Å². The summed E-state index contributed by atoms with van der Waals surface area (Å²) in [7, 11) is 1.46. The predicted octanol–water partition coefficient (Wildman–Crippen LogP) is 0.131. The van der Waals surface area contributed by atoms with Crippen molar-refractivity contribution in [1.82, 2.24) is 0 Å². The van der Waals surface area contributed by atoms with Crippen molar-refractivity contribution in [2.24, 2.45) is 0 Å². The molecule has 0 aliphatic carbocycles. The van der Waals surface area contributed by atoms with Crippen molar-refractivity contribution >= 4 is 11.5 Å². The Morgan fingerprint density at radius 2 is 1.74 bits per heavy atom. The Morgan fingerprint density at radius 1 is 1.00 bits per heavy atom. The van der Waals surface area contributed by atoms with Crippen LogP contribution in [0.15, 0.2) is 48.5 Å². The Labute approximate surface area is 195 Å². The second-order valence-corrected chi connectivity index (χ2v) is 8.07. The van der Waals surface area contributed by atoms with E-state index in [9.17, 15) is 30.3 Å². The Morgan fingerprint density at radius 3 is 2.41 bits per heavy atom. The maximum atomic E-state index is 12.2. The van der Waals surface area contributed by atoms with Gasteiger partial charge >= 0.3 is 5.97 Å². The van der Waals surface area contributed by atoms with Crippen LogP contribution < -0.4 is 9.47 Å². The lowest BCUT2D eigenvalue weighted by molar-refractivity contribution is -0.277. The molecule has 10 nitrogen and oxygen atoms in total. The number of cyclic esters (lactones) is 1. The number of esters is 1. The van der Waals surface area contributed by atoms with E-state index in [1.54, 1.807) is 24.3 Å². The number of aromatic hydroxyl groups is 1. The molecule has 0 aromatic heterocycles. The van der Waals surface area contributed by atoms with E-state index in [0.717, 1.165) is 5.56 Å². The summed E-state index contributed by atoms with van der Waals surface area (Å²) < 4.78 is 22.1. The third-order valence-electron chi connectivity index (χ3n) is 5.83. The minimum atomic E-state index is -1.61. The van der Waals surface area contributed by atoms with E-state index in [4.69, 9.17) is 18.9 Å². The minimum absolute atomic E-state index is 0.119. The van der Waals surface area contributed by atoms with Crippen molar-refractivity contribution in [2.75, 3.05) is 13.7 Å². The van der Waals surface area contributed by atoms with Crippen LogP contribution in [0.5, 0.6) is 17.2 Å². The molecule has 0 spiro atoms. The molecule has 0 saturated carbocycles. The van der Waals surface area contributed by atoms with Crippen molar-refractivity contribution in [3.05, 3.63) is 59.7 Å². The van der Waals surface area contributed by atoms with Crippen molar-refractivity contribution in [2.45, 2.75) is 43.2 Å². The number of carbonyl (C=O) groups excluding carboxylic acids is 1. The van der Waals surface area contributed by atoms with E-state index in [-0.39, 0.29) is 11.5 Å². The smallest absolute Gasteiger partial charge is 0.331 e. The summed E-state index contributed by atoms with van der Waals surface area (Å²) in [6.07, 6.45) is -6.28. The van der Waals surface area contributed by atoms with Gasteiger partial charge in [0.15, 0.2) is 0 Å². The molecule has 0 radical (unpaired) electrons. The van der Waals surface area contributed by atoms with E-state index in [1.807, 2.05) is 0 Å². The van der Waals surface area contributed by atoms with Crippen LogP contribution in [0.3, 0.4) is 0 Å². The van der Waals surface area contributed by atoms with Gasteiger partial charge in [0.25, 0.3) is 0 Å². The molecule has 4 rings (SSSR count). The highest BCUT2D eigenvalue weighted by atomic mass is 16.7. The third-order valence-corrected chi connectivity index (χ3v) is 5.83. The van der Waals surface area contributed by atoms with Gasteiger partial charge in [0, 0.05) is 29.7 Å². The second-order valence-electron chi connectivity index (χ2n) is 8.07. The summed E-state index contributed by atoms with van der Waals surface area (Å²) in [6.45, 7) is -0.599. The van der Waals surface area contributed by atoms with Crippen molar-refractivity contribution < 1.29 is 49.3 Å². The van der Waals surface area contributed by atoms with Crippen LogP contribution in [-0.2, 0) is 20.7 Å². The van der Waals surface area contributed by atoms with E-state index in [2.05, 4.69) is 0 Å². The van der Waals surface area contributed by atoms with Crippen LogP contribution in [0.25, 0.3) is 5.57 Å². The second kappa shape index (κ2) is 10.00. The van der Waals surface area contributed by atoms with Crippen LogP contribution in [0.2, 0.25) is 0 Å². The predicted molar refractivity (Wildman–Crippen MR) is 117 cm³/mol. The summed E-state index contributed by atoms with van der Waals surface area (Å²) in [5.41, 5.74) is 1.81. The van der Waals surface area contributed by atoms with Gasteiger partial charge in [0.1, 0.15) is 47.8 Å². The normalized spacial score (nSPS) is 28.9. The van der Waals surface area contributed by atoms with Gasteiger partial charge in [-0.3, -0.25) is 0 Å². The number of aliphatic hydroxyl groups is 4. The highest BCUT2D eigenvalue weighted by Gasteiger charge is 2.45. The fourth-order valence-corrected chi connectivity index (χ4v) is 3.96. The number of ether oxygens (including phenoxy) is 4. The monoisotopic (exact) mass is 474 g/mol. The van der Waals surface area contributed by atoms with Crippen molar-refractivity contribution in [1.29, 1.82) is 0 Å². The van der Waals surface area contributed by atoms with Crippen molar-refractivity contribution in [3.63, 3.8) is 0 Å². The molecule has 0 amide bonds. The molecule has 2 aromatic rings. The molecule has 5 N–H and O–H groups in total. The Balaban J connectivity index is 1.65. The van der Waals surface area contributed by atoms with Gasteiger partial charge in [-0.15, -0.1) is 0 Å². The summed E-state index contributed by atoms with van der Waals surface area (Å²) in [4.78, 5) is 12.2. The Hall–Kier alpha value is -3.15. The third kappa shape index (κ3) is 4.86. The quantitative estimate of drug-likeness (QED) is 0.350. The summed E-state index contributed by atoms with van der Waals surface area (Å²) in [6, 6.07) is 11.4. The first-order valence-electron chi connectivity index (χ1n) is 10.7. The Bertz CT molecular complexity index is 1050. The van der Waals surface area contributed by atoms with Crippen LogP contribution in [0, 0.1) is 0 Å². The summed E-state index contributed by atoms with van der Waals surface area (Å²) >= 11 is 0. The highest BCUT2D eigenvalue weighted by molar-refractivity contribution is 5.98. The van der Waals surface area contributed by atoms with Crippen LogP contribution in [-0.4, -0.2) is 82.0 Å². The molecule has 1 saturated heterocycles. The average Bonchev–Trinajstić information content (AvgIpc) is 3.20. The number of rotatable bonds is 7. The molecule has 2 aliphatic rings. The van der Waals surface area contributed by atoms with Gasteiger partial charge in [0.2, 0.25) is 6.29 Å². The van der Waals surface area contributed by atoms with Gasteiger partial charge in [-0.05, 0) is 29.8 Å². The molecule has 1 unspecified atom stereocenters. The molecule has 2 aliphatic heterocycles. The first kappa shape index (κ1) is 24.0. The molecular formula is C24H26O10. The minimum Gasteiger partial charge on any atom is -0.508 e. The first-order valence-corrected chi connectivity index (χ1v) is 10.7. The molecule has 2 heterocycles. The molecule has 182 valence electrons. The lowest BCUT2D eigenvalue weighted by Gasteiger charge is -2.39. The summed E-state index contributed by atoms with van der Waals surface area (Å²) in [5, 5.41) is 49.5. The van der Waals surface area contributed by atoms with Crippen molar-refractivity contribution in [3.8, 4) is 17.2 Å². The molecular weight excluding hydrogens is 448 g/mol. The van der Waals surface area contributed by atoms with Gasteiger partial charge in [-0.1, -0.05) is 12.1 Å². The number of aliphatic hydroxyl groups excluding tert-OH is 4. The number of hydrogen-bond acceptors (Lipinski definition) is 10. The zero-order valence-electron chi connectivity index (χ0n) is 18.3. The van der Waals surface area contributed by atoms with Gasteiger partial charge in [-0.25, -0.2) is 4.79 Å². The van der Waals surface area contributed by atoms with E-state index < -0.39 is 49.4 Å². The zero-order valence-corrected chi connectivity index (χ0v) is 18.3. The van der Waals surface area contributed by atoms with Crippen LogP contribution in [0.4, 0.5) is 0 Å². The molecule has 34 heavy (non-hydrogen) atoms. The highest BCUT2D eigenvalue weighted by Crippen LogP contribution is 2.38. The number of hydrogen-bond donors (Lipinski definition) is 5. The largest absolute Gasteiger partial charge is 0.508 e. The maximum Gasteiger partial charge on any atom is 0.331 e. The van der Waals surface area contributed by atoms with E-state index in [0.29, 0.717) is 23.3 Å². The van der Waals surface area contributed by atoms with Crippen LogP contribution in [0.1, 0.15) is 11.1 Å². The molecule has 6 atom stereocenters. The molecule has 1 fully saturated rings. The van der Waals surface area contributed by atoms with Gasteiger partial charge < -0.3 is 44.5 Å². The van der Waals surface area contributed by atoms with Crippen LogP contribution >= 0.6 is 0 Å². The van der Waals surface area contributed by atoms with E-state index in [1.165, 1.54) is 31.4 Å². The standard InChI is InChI=1S/C24H26O10/c1-31-14-6-7-15(16-10-20(27)32-17(16)8-12-2-4-13(26)5-3-12)18(9-14)33-24-23(30)22(29)21(28)19(11-25)34-24/h2-7,9-10,17,19,21-26,28-30H,8,11H2,1H3/t17?,19-,21-,22+,23-,24-/m1/s1. The average molecular weight is 474 g/mol. The SMILES string of the molecule is COc1ccc(C2=CC(=O)OC2Cc2ccc(O)cc2)c(O[C@@H]2O[C@H](CO)[C@@H](O)[C@H](O)[C@H]2O)c1. The lowest BCUT2D eigenvalue weighted by Crippen LogP contribution is -2.60. The number of phenols is 1. The number of methoxy groups -OCH3 is 1. The fourth-order valence-electron chi connectivity index (χ4n) is 3.96. The maximum absolute atomic E-state index is 12.2. The number of carbonyl (C=O) groups is 1. The van der Waals surface area contributed by atoms with E-state index >= 15 is 0 Å². The molecule has 10 heteroatoms.